The van der Waals surface area contributed by atoms with Gasteiger partial charge in [0.25, 0.3) is 0 Å². The summed E-state index contributed by atoms with van der Waals surface area (Å²) >= 11 is 2.81. The zero-order valence-electron chi connectivity index (χ0n) is 16.3. The first-order valence-corrected chi connectivity index (χ1v) is 11.3. The van der Waals surface area contributed by atoms with Crippen molar-refractivity contribution >= 4 is 39.8 Å². The lowest BCUT2D eigenvalue weighted by Crippen LogP contribution is -2.26. The third-order valence-electron chi connectivity index (χ3n) is 3.97. The second-order valence-electron chi connectivity index (χ2n) is 6.16. The smallest absolute Gasteiger partial charge is 0.230 e. The van der Waals surface area contributed by atoms with Gasteiger partial charge in [0.2, 0.25) is 11.0 Å². The van der Waals surface area contributed by atoms with Crippen molar-refractivity contribution in [3.63, 3.8) is 0 Å². The van der Waals surface area contributed by atoms with Crippen molar-refractivity contribution in [2.24, 2.45) is 0 Å². The van der Waals surface area contributed by atoms with Crippen molar-refractivity contribution in [3.05, 3.63) is 60.2 Å². The summed E-state index contributed by atoms with van der Waals surface area (Å²) < 4.78 is 6.36. The van der Waals surface area contributed by atoms with Crippen molar-refractivity contribution in [2.75, 3.05) is 24.2 Å². The van der Waals surface area contributed by atoms with Crippen LogP contribution in [0.25, 0.3) is 0 Å². The van der Waals surface area contributed by atoms with E-state index in [1.54, 1.807) is 0 Å². The van der Waals surface area contributed by atoms with Crippen LogP contribution < -0.4 is 15.4 Å². The molecule has 2 N–H and O–H groups in total. The van der Waals surface area contributed by atoms with Gasteiger partial charge in [-0.25, -0.2) is 0 Å². The van der Waals surface area contributed by atoms with Gasteiger partial charge in [-0.05, 0) is 37.5 Å². The number of aromatic nitrogens is 2. The summed E-state index contributed by atoms with van der Waals surface area (Å²) in [7, 11) is 0. The third kappa shape index (κ3) is 7.07. The molecule has 0 fully saturated rings. The first-order valence-electron chi connectivity index (χ1n) is 9.50. The number of hydrogen-bond acceptors (Lipinski definition) is 7. The normalized spacial score (nSPS) is 10.5. The molecular formula is C21H24N4O2S2. The second-order valence-corrected chi connectivity index (χ2v) is 8.36. The molecule has 3 rings (SSSR count). The zero-order valence-corrected chi connectivity index (χ0v) is 17.9. The van der Waals surface area contributed by atoms with Crippen LogP contribution in [0.1, 0.15) is 18.9 Å². The van der Waals surface area contributed by atoms with Crippen LogP contribution in [0.4, 0.5) is 10.8 Å². The number of benzene rings is 2. The Labute approximate surface area is 179 Å². The molecule has 1 amide bonds. The van der Waals surface area contributed by atoms with Gasteiger partial charge in [-0.3, -0.25) is 4.79 Å². The van der Waals surface area contributed by atoms with E-state index in [4.69, 9.17) is 4.74 Å². The number of hydrogen-bond donors (Lipinski definition) is 2. The number of aryl methyl sites for hydroxylation is 1. The predicted molar refractivity (Wildman–Crippen MR) is 119 cm³/mol. The molecule has 6 nitrogen and oxygen atoms in total. The Morgan fingerprint density at radius 3 is 2.72 bits per heavy atom. The summed E-state index contributed by atoms with van der Waals surface area (Å²) in [6, 6.07) is 18.0. The molecule has 0 radical (unpaired) electrons. The van der Waals surface area contributed by atoms with E-state index in [0.717, 1.165) is 28.6 Å². The van der Waals surface area contributed by atoms with Crippen LogP contribution >= 0.6 is 23.1 Å². The van der Waals surface area contributed by atoms with Gasteiger partial charge in [-0.15, -0.1) is 10.2 Å². The third-order valence-corrected chi connectivity index (χ3v) is 5.94. The van der Waals surface area contributed by atoms with Crippen molar-refractivity contribution in [2.45, 2.75) is 24.1 Å². The second kappa shape index (κ2) is 11.4. The Bertz CT molecular complexity index is 902. The number of amides is 1. The zero-order chi connectivity index (χ0) is 20.3. The number of thioether (sulfide) groups is 1. The van der Waals surface area contributed by atoms with Crippen LogP contribution in [-0.4, -0.2) is 35.0 Å². The van der Waals surface area contributed by atoms with Gasteiger partial charge in [0.05, 0.1) is 18.0 Å². The molecule has 0 unspecified atom stereocenters. The number of carbonyl (C=O) groups excluding carboxylic acids is 1. The minimum Gasteiger partial charge on any atom is -0.492 e. The number of anilines is 2. The number of nitrogens with one attached hydrogen (secondary N) is 2. The summed E-state index contributed by atoms with van der Waals surface area (Å²) in [6.07, 6.45) is 1.88. The van der Waals surface area contributed by atoms with E-state index in [2.05, 4.69) is 33.0 Å². The highest BCUT2D eigenvalue weighted by Crippen LogP contribution is 2.31. The van der Waals surface area contributed by atoms with Gasteiger partial charge in [-0.2, -0.15) is 0 Å². The maximum atomic E-state index is 12.0. The molecule has 2 aromatic carbocycles. The fraction of sp³-hybridized carbons (Fsp3) is 0.286. The minimum atomic E-state index is 0.00876. The summed E-state index contributed by atoms with van der Waals surface area (Å²) in [5.41, 5.74) is 2.13. The Hall–Kier alpha value is -2.58. The monoisotopic (exact) mass is 428 g/mol. The Kier molecular flexibility index (Phi) is 8.33. The molecule has 152 valence electrons. The van der Waals surface area contributed by atoms with E-state index in [1.165, 1.54) is 28.7 Å². The van der Waals surface area contributed by atoms with Gasteiger partial charge in [0.15, 0.2) is 4.34 Å². The quantitative estimate of drug-likeness (QED) is 0.345. The molecule has 8 heteroatoms. The molecule has 0 aliphatic carbocycles. The molecule has 0 atom stereocenters. The Morgan fingerprint density at radius 1 is 1.10 bits per heavy atom. The summed E-state index contributed by atoms with van der Waals surface area (Å²) in [6.45, 7) is 3.21. The molecule has 3 aromatic rings. The van der Waals surface area contributed by atoms with Crippen molar-refractivity contribution < 1.29 is 9.53 Å². The van der Waals surface area contributed by atoms with Gasteiger partial charge in [0, 0.05) is 6.54 Å². The number of para-hydroxylation sites is 2. The lowest BCUT2D eigenvalue weighted by atomic mass is 10.1. The number of rotatable bonds is 11. The van der Waals surface area contributed by atoms with Gasteiger partial charge >= 0.3 is 0 Å². The van der Waals surface area contributed by atoms with Crippen LogP contribution in [0, 0.1) is 0 Å². The van der Waals surface area contributed by atoms with Crippen molar-refractivity contribution in [3.8, 4) is 5.75 Å². The molecule has 0 saturated heterocycles. The average molecular weight is 429 g/mol. The first kappa shape index (κ1) is 21.1. The van der Waals surface area contributed by atoms with Crippen LogP contribution in [0.15, 0.2) is 58.9 Å². The molecule has 0 bridgehead atoms. The van der Waals surface area contributed by atoms with Crippen molar-refractivity contribution in [1.29, 1.82) is 0 Å². The molecule has 0 spiro atoms. The van der Waals surface area contributed by atoms with Crippen LogP contribution in [0.2, 0.25) is 0 Å². The Balaban J connectivity index is 1.39. The standard InChI is InChI=1S/C21H24N4O2S2/c1-2-27-18-13-7-6-12-17(18)23-20-24-25-21(29-20)28-15-19(26)22-14-8-11-16-9-4-3-5-10-16/h3-7,9-10,12-13H,2,8,11,14-15H2,1H3,(H,22,26)(H,23,24). The summed E-state index contributed by atoms with van der Waals surface area (Å²) in [5, 5.41) is 15.1. The summed E-state index contributed by atoms with van der Waals surface area (Å²) in [4.78, 5) is 12.0. The predicted octanol–water partition coefficient (Wildman–Crippen LogP) is 4.52. The van der Waals surface area contributed by atoms with E-state index >= 15 is 0 Å². The van der Waals surface area contributed by atoms with E-state index in [0.29, 0.717) is 24.0 Å². The fourth-order valence-electron chi connectivity index (χ4n) is 2.63. The van der Waals surface area contributed by atoms with Gasteiger partial charge in [0.1, 0.15) is 5.75 Å². The highest BCUT2D eigenvalue weighted by atomic mass is 32.2. The molecule has 29 heavy (non-hydrogen) atoms. The lowest BCUT2D eigenvalue weighted by molar-refractivity contribution is -0.118. The Morgan fingerprint density at radius 2 is 1.90 bits per heavy atom. The highest BCUT2D eigenvalue weighted by Gasteiger charge is 2.10. The van der Waals surface area contributed by atoms with E-state index in [-0.39, 0.29) is 5.91 Å². The van der Waals surface area contributed by atoms with Gasteiger partial charge < -0.3 is 15.4 Å². The number of ether oxygens (including phenoxy) is 1. The lowest BCUT2D eigenvalue weighted by Gasteiger charge is -2.09. The minimum absolute atomic E-state index is 0.00876. The number of carbonyl (C=O) groups is 1. The van der Waals surface area contributed by atoms with Crippen molar-refractivity contribution in [1.82, 2.24) is 15.5 Å². The van der Waals surface area contributed by atoms with Crippen LogP contribution in [0.5, 0.6) is 5.75 Å². The maximum absolute atomic E-state index is 12.0. The van der Waals surface area contributed by atoms with E-state index in [9.17, 15) is 4.79 Å². The fourth-order valence-corrected chi connectivity index (χ4v) is 4.22. The topological polar surface area (TPSA) is 76.1 Å². The molecule has 1 heterocycles. The highest BCUT2D eigenvalue weighted by molar-refractivity contribution is 8.01. The largest absolute Gasteiger partial charge is 0.492 e. The molecule has 0 saturated carbocycles. The van der Waals surface area contributed by atoms with Gasteiger partial charge in [-0.1, -0.05) is 65.6 Å². The maximum Gasteiger partial charge on any atom is 0.230 e. The molecule has 0 aliphatic rings. The van der Waals surface area contributed by atoms with E-state index < -0.39 is 0 Å². The first-order chi connectivity index (χ1) is 14.2. The van der Waals surface area contributed by atoms with Crippen LogP contribution in [-0.2, 0) is 11.2 Å². The average Bonchev–Trinajstić information content (AvgIpc) is 3.19. The molecular weight excluding hydrogens is 404 g/mol. The SMILES string of the molecule is CCOc1ccccc1Nc1nnc(SCC(=O)NCCCc2ccccc2)s1. The van der Waals surface area contributed by atoms with E-state index in [1.807, 2.05) is 49.4 Å². The molecule has 1 aromatic heterocycles. The molecule has 0 aliphatic heterocycles. The number of nitrogens with zero attached hydrogens (tertiary/aromatic N) is 2. The van der Waals surface area contributed by atoms with Crippen LogP contribution in [0.3, 0.4) is 0 Å². The summed E-state index contributed by atoms with van der Waals surface area (Å²) in [5.74, 6) is 1.11.